The summed E-state index contributed by atoms with van der Waals surface area (Å²) in [6, 6.07) is 3.86. The van der Waals surface area contributed by atoms with Crippen LogP contribution in [0.3, 0.4) is 0 Å². The third-order valence-corrected chi connectivity index (χ3v) is 1.98. The second kappa shape index (κ2) is 4.54. The van der Waals surface area contributed by atoms with Crippen molar-refractivity contribution in [2.75, 3.05) is 6.67 Å². The van der Waals surface area contributed by atoms with Crippen molar-refractivity contribution in [1.82, 2.24) is 0 Å². The summed E-state index contributed by atoms with van der Waals surface area (Å²) in [4.78, 5) is 21.5. The third kappa shape index (κ3) is 2.31. The van der Waals surface area contributed by atoms with Crippen molar-refractivity contribution in [3.05, 3.63) is 34.9 Å². The molecule has 0 amide bonds. The molecule has 4 nitrogen and oxygen atoms in total. The quantitative estimate of drug-likeness (QED) is 0.794. The Balaban J connectivity index is 3.34. The van der Waals surface area contributed by atoms with Gasteiger partial charge in [0.1, 0.15) is 0 Å². The maximum Gasteiger partial charge on any atom is 0.335 e. The van der Waals surface area contributed by atoms with E-state index in [1.807, 2.05) is 0 Å². The molecule has 0 aliphatic rings. The van der Waals surface area contributed by atoms with Crippen LogP contribution in [0, 0.1) is 0 Å². The summed E-state index contributed by atoms with van der Waals surface area (Å²) >= 11 is 0. The van der Waals surface area contributed by atoms with E-state index in [9.17, 15) is 14.0 Å². The van der Waals surface area contributed by atoms with Crippen LogP contribution < -0.4 is 0 Å². The Kier molecular flexibility index (Phi) is 3.38. The van der Waals surface area contributed by atoms with E-state index in [-0.39, 0.29) is 23.1 Å². The van der Waals surface area contributed by atoms with Crippen LogP contribution >= 0.6 is 0 Å². The molecule has 1 aromatic carbocycles. The largest absolute Gasteiger partial charge is 0.478 e. The number of hydrogen-bond acceptors (Lipinski definition) is 2. The second-order valence-electron chi connectivity index (χ2n) is 2.88. The van der Waals surface area contributed by atoms with Gasteiger partial charge in [0.05, 0.1) is 17.8 Å². The summed E-state index contributed by atoms with van der Waals surface area (Å²) < 4.78 is 12.2. The number of hydrogen-bond donors (Lipinski definition) is 2. The number of carboxylic acid groups (broad SMARTS) is 2. The molecule has 0 radical (unpaired) electrons. The lowest BCUT2D eigenvalue weighted by Crippen LogP contribution is -2.10. The normalized spacial score (nSPS) is 9.93. The van der Waals surface area contributed by atoms with Crippen molar-refractivity contribution in [1.29, 1.82) is 0 Å². The predicted molar refractivity (Wildman–Crippen MR) is 50.0 cm³/mol. The molecule has 0 fully saturated rings. The zero-order valence-electron chi connectivity index (χ0n) is 7.74. The lowest BCUT2D eigenvalue weighted by Gasteiger charge is -2.07. The smallest absolute Gasteiger partial charge is 0.335 e. The first kappa shape index (κ1) is 11.2. The van der Waals surface area contributed by atoms with Crippen molar-refractivity contribution in [3.8, 4) is 0 Å². The van der Waals surface area contributed by atoms with Crippen LogP contribution in [0.1, 0.15) is 26.3 Å². The Morgan fingerprint density at radius 2 is 1.60 bits per heavy atom. The van der Waals surface area contributed by atoms with Crippen LogP contribution in [0.15, 0.2) is 18.2 Å². The number of halogens is 1. The zero-order chi connectivity index (χ0) is 11.4. The van der Waals surface area contributed by atoms with E-state index in [0.29, 0.717) is 0 Å². The lowest BCUT2D eigenvalue weighted by molar-refractivity contribution is 0.0695. The molecular weight excluding hydrogens is 203 g/mol. The number of aromatic carboxylic acids is 2. The summed E-state index contributed by atoms with van der Waals surface area (Å²) in [6.07, 6.45) is -0.204. The van der Waals surface area contributed by atoms with Crippen molar-refractivity contribution in [2.24, 2.45) is 0 Å². The molecule has 0 atom stereocenters. The maximum absolute atomic E-state index is 12.2. The van der Waals surface area contributed by atoms with Crippen LogP contribution in [0.5, 0.6) is 0 Å². The van der Waals surface area contributed by atoms with Crippen LogP contribution in [0.2, 0.25) is 0 Å². The summed E-state index contributed by atoms with van der Waals surface area (Å²) in [5.41, 5.74) is -0.292. The monoisotopic (exact) mass is 212 g/mol. The van der Waals surface area contributed by atoms with E-state index in [2.05, 4.69) is 0 Å². The van der Waals surface area contributed by atoms with Crippen LogP contribution in [0.25, 0.3) is 0 Å². The highest BCUT2D eigenvalue weighted by Crippen LogP contribution is 2.16. The Hall–Kier alpha value is -1.91. The minimum absolute atomic E-state index is 0.0278. The Morgan fingerprint density at radius 3 is 1.93 bits per heavy atom. The fourth-order valence-electron chi connectivity index (χ4n) is 1.35. The Labute approximate surface area is 85.0 Å². The first-order chi connectivity index (χ1) is 7.07. The maximum atomic E-state index is 12.2. The van der Waals surface area contributed by atoms with Gasteiger partial charge in [0.25, 0.3) is 0 Å². The van der Waals surface area contributed by atoms with Gasteiger partial charge in [0.15, 0.2) is 0 Å². The molecule has 2 N–H and O–H groups in total. The van der Waals surface area contributed by atoms with E-state index >= 15 is 0 Å². The van der Waals surface area contributed by atoms with Gasteiger partial charge in [-0.2, -0.15) is 0 Å². The zero-order valence-corrected chi connectivity index (χ0v) is 7.74. The highest BCUT2D eigenvalue weighted by atomic mass is 19.1. The molecular formula is C10H9FO4. The van der Waals surface area contributed by atoms with Crippen LogP contribution in [-0.2, 0) is 6.42 Å². The highest BCUT2D eigenvalue weighted by molar-refractivity contribution is 5.96. The first-order valence-electron chi connectivity index (χ1n) is 4.22. The van der Waals surface area contributed by atoms with Gasteiger partial charge in [-0.15, -0.1) is 0 Å². The predicted octanol–water partition coefficient (Wildman–Crippen LogP) is 1.59. The van der Waals surface area contributed by atoms with Gasteiger partial charge in [-0.05, 0) is 17.7 Å². The molecule has 80 valence electrons. The second-order valence-corrected chi connectivity index (χ2v) is 2.88. The standard InChI is InChI=1S/C10H9FO4/c11-5-4-6-7(9(12)13)2-1-3-8(6)10(14)15/h1-3H,4-5H2,(H,12,13)(H,14,15). The lowest BCUT2D eigenvalue weighted by atomic mass is 9.98. The molecule has 0 unspecified atom stereocenters. The molecule has 0 heterocycles. The molecule has 1 aromatic rings. The van der Waals surface area contributed by atoms with Crippen molar-refractivity contribution >= 4 is 11.9 Å². The molecule has 0 spiro atoms. The summed E-state index contributed by atoms with van der Waals surface area (Å²) in [5.74, 6) is -2.50. The van der Waals surface area contributed by atoms with E-state index in [1.54, 1.807) is 0 Å². The molecule has 5 heteroatoms. The van der Waals surface area contributed by atoms with Crippen LogP contribution in [0.4, 0.5) is 4.39 Å². The molecule has 0 aromatic heterocycles. The molecule has 0 aliphatic heterocycles. The van der Waals surface area contributed by atoms with Gasteiger partial charge in [-0.3, -0.25) is 4.39 Å². The van der Waals surface area contributed by atoms with Gasteiger partial charge in [0, 0.05) is 6.42 Å². The van der Waals surface area contributed by atoms with Gasteiger partial charge in [-0.1, -0.05) is 6.07 Å². The van der Waals surface area contributed by atoms with Crippen molar-refractivity contribution in [2.45, 2.75) is 6.42 Å². The average molecular weight is 212 g/mol. The Bertz CT molecular complexity index is 368. The SMILES string of the molecule is O=C(O)c1cccc(C(=O)O)c1CCF. The number of benzene rings is 1. The minimum atomic E-state index is -1.25. The topological polar surface area (TPSA) is 74.6 Å². The molecule has 15 heavy (non-hydrogen) atoms. The number of alkyl halides is 1. The van der Waals surface area contributed by atoms with E-state index in [4.69, 9.17) is 10.2 Å². The third-order valence-electron chi connectivity index (χ3n) is 1.98. The first-order valence-corrected chi connectivity index (χ1v) is 4.22. The molecule has 0 bridgehead atoms. The molecule has 0 aliphatic carbocycles. The van der Waals surface area contributed by atoms with Crippen LogP contribution in [-0.4, -0.2) is 28.8 Å². The fourth-order valence-corrected chi connectivity index (χ4v) is 1.35. The summed E-state index contributed by atoms with van der Waals surface area (Å²) in [5, 5.41) is 17.6. The molecule has 0 saturated heterocycles. The van der Waals surface area contributed by atoms with Gasteiger partial charge in [-0.25, -0.2) is 9.59 Å². The fraction of sp³-hybridized carbons (Fsp3) is 0.200. The van der Waals surface area contributed by atoms with Gasteiger partial charge in [0.2, 0.25) is 0 Å². The summed E-state index contributed by atoms with van der Waals surface area (Å²) in [6.45, 7) is -0.787. The average Bonchev–Trinajstić information content (AvgIpc) is 2.17. The van der Waals surface area contributed by atoms with E-state index in [0.717, 1.165) is 0 Å². The summed E-state index contributed by atoms with van der Waals surface area (Å²) in [7, 11) is 0. The van der Waals surface area contributed by atoms with E-state index < -0.39 is 18.6 Å². The minimum Gasteiger partial charge on any atom is -0.478 e. The van der Waals surface area contributed by atoms with Crippen molar-refractivity contribution < 1.29 is 24.2 Å². The molecule has 0 saturated carbocycles. The number of carboxylic acids is 2. The van der Waals surface area contributed by atoms with Gasteiger partial charge < -0.3 is 10.2 Å². The Morgan fingerprint density at radius 1 is 1.13 bits per heavy atom. The number of carbonyl (C=O) groups is 2. The van der Waals surface area contributed by atoms with Gasteiger partial charge >= 0.3 is 11.9 Å². The van der Waals surface area contributed by atoms with E-state index in [1.165, 1.54) is 18.2 Å². The molecule has 1 rings (SSSR count). The number of rotatable bonds is 4. The highest BCUT2D eigenvalue weighted by Gasteiger charge is 2.17. The van der Waals surface area contributed by atoms with Crippen molar-refractivity contribution in [3.63, 3.8) is 0 Å².